The molecule has 2 aliphatic rings. The van der Waals surface area contributed by atoms with Gasteiger partial charge in [0.15, 0.2) is 5.79 Å². The lowest BCUT2D eigenvalue weighted by molar-refractivity contribution is -0.00472. The van der Waals surface area contributed by atoms with E-state index in [9.17, 15) is 0 Å². The third kappa shape index (κ3) is 3.30. The van der Waals surface area contributed by atoms with Gasteiger partial charge in [-0.15, -0.1) is 0 Å². The summed E-state index contributed by atoms with van der Waals surface area (Å²) in [4.78, 5) is 4.67. The first-order chi connectivity index (χ1) is 10.7. The molecular weight excluding hydrogens is 278 g/mol. The summed E-state index contributed by atoms with van der Waals surface area (Å²) in [6.07, 6.45) is 0. The summed E-state index contributed by atoms with van der Waals surface area (Å²) in [5.74, 6) is -0.302. The number of aliphatic hydroxyl groups is 1. The summed E-state index contributed by atoms with van der Waals surface area (Å²) in [5, 5.41) is 17.2. The molecule has 0 bridgehead atoms. The standard InChI is InChI=1S/C16H25N5O/c1-16(21-9-7-20(8-10-21)11-12-22)17-13-15(18-19-16)14-5-3-2-4-6-14/h2-6,17,19,22H,7-13H2,1H3. The Morgan fingerprint density at radius 2 is 1.91 bits per heavy atom. The predicted molar refractivity (Wildman–Crippen MR) is 87.6 cm³/mol. The summed E-state index contributed by atoms with van der Waals surface area (Å²) >= 11 is 0. The second-order valence-electron chi connectivity index (χ2n) is 6.01. The molecule has 0 radical (unpaired) electrons. The van der Waals surface area contributed by atoms with Gasteiger partial charge in [-0.25, -0.2) is 0 Å². The number of piperazine rings is 1. The molecular formula is C16H25N5O. The Morgan fingerprint density at radius 1 is 1.18 bits per heavy atom. The number of nitrogens with zero attached hydrogens (tertiary/aromatic N) is 3. The number of hydrogen-bond donors (Lipinski definition) is 3. The number of β-amino-alcohol motifs (C(OH)–C–C–N with tert-alkyl or cyclic N) is 1. The van der Waals surface area contributed by atoms with Crippen molar-refractivity contribution in [1.82, 2.24) is 20.5 Å². The number of hydrazone groups is 1. The fraction of sp³-hybridized carbons (Fsp3) is 0.562. The van der Waals surface area contributed by atoms with E-state index in [4.69, 9.17) is 5.11 Å². The molecule has 6 heteroatoms. The maximum Gasteiger partial charge on any atom is 0.159 e. The SMILES string of the molecule is CC1(N2CCN(CCO)CC2)NCC(c2ccccc2)=NN1. The quantitative estimate of drug-likeness (QED) is 0.723. The first-order valence-electron chi connectivity index (χ1n) is 7.94. The predicted octanol–water partition coefficient (Wildman–Crippen LogP) is -0.133. The third-order valence-corrected chi connectivity index (χ3v) is 4.54. The van der Waals surface area contributed by atoms with Crippen LogP contribution in [-0.2, 0) is 0 Å². The van der Waals surface area contributed by atoms with Crippen molar-refractivity contribution in [2.24, 2.45) is 5.10 Å². The molecule has 1 fully saturated rings. The van der Waals surface area contributed by atoms with Crippen LogP contribution in [0, 0.1) is 0 Å². The molecule has 2 aliphatic heterocycles. The van der Waals surface area contributed by atoms with Crippen molar-refractivity contribution >= 4 is 5.71 Å². The number of benzene rings is 1. The molecule has 1 atom stereocenters. The third-order valence-electron chi connectivity index (χ3n) is 4.54. The van der Waals surface area contributed by atoms with E-state index >= 15 is 0 Å². The van der Waals surface area contributed by atoms with Crippen LogP contribution in [0.25, 0.3) is 0 Å². The Labute approximate surface area is 131 Å². The lowest BCUT2D eigenvalue weighted by atomic mass is 10.1. The van der Waals surface area contributed by atoms with Gasteiger partial charge in [0.1, 0.15) is 0 Å². The van der Waals surface area contributed by atoms with Gasteiger partial charge >= 0.3 is 0 Å². The molecule has 22 heavy (non-hydrogen) atoms. The smallest absolute Gasteiger partial charge is 0.159 e. The molecule has 0 amide bonds. The summed E-state index contributed by atoms with van der Waals surface area (Å²) in [7, 11) is 0. The Hall–Kier alpha value is -1.47. The molecule has 1 aromatic rings. The molecule has 0 aromatic heterocycles. The number of rotatable bonds is 4. The minimum Gasteiger partial charge on any atom is -0.395 e. The summed E-state index contributed by atoms with van der Waals surface area (Å²) in [6.45, 7) is 7.79. The molecule has 3 N–H and O–H groups in total. The van der Waals surface area contributed by atoms with E-state index in [1.165, 1.54) is 0 Å². The molecule has 0 saturated carbocycles. The van der Waals surface area contributed by atoms with Gasteiger partial charge in [-0.2, -0.15) is 5.10 Å². The van der Waals surface area contributed by atoms with Crippen LogP contribution in [0.2, 0.25) is 0 Å². The van der Waals surface area contributed by atoms with Crippen molar-refractivity contribution in [2.45, 2.75) is 12.7 Å². The number of nitrogens with one attached hydrogen (secondary N) is 2. The first-order valence-corrected chi connectivity index (χ1v) is 7.94. The monoisotopic (exact) mass is 303 g/mol. The lowest BCUT2D eigenvalue weighted by Gasteiger charge is -2.47. The average Bonchev–Trinajstić information content (AvgIpc) is 2.57. The second kappa shape index (κ2) is 6.75. The normalized spacial score (nSPS) is 27.3. The van der Waals surface area contributed by atoms with E-state index in [-0.39, 0.29) is 12.4 Å². The van der Waals surface area contributed by atoms with Crippen molar-refractivity contribution < 1.29 is 5.11 Å². The Bertz CT molecular complexity index is 513. The van der Waals surface area contributed by atoms with Crippen LogP contribution in [-0.4, -0.2) is 72.3 Å². The van der Waals surface area contributed by atoms with E-state index in [2.05, 4.69) is 44.7 Å². The molecule has 0 spiro atoms. The zero-order valence-corrected chi connectivity index (χ0v) is 13.1. The van der Waals surface area contributed by atoms with Crippen LogP contribution in [0.1, 0.15) is 12.5 Å². The average molecular weight is 303 g/mol. The Kier molecular flexibility index (Phi) is 4.73. The maximum absolute atomic E-state index is 9.02. The zero-order chi connectivity index (χ0) is 15.4. The van der Waals surface area contributed by atoms with Gasteiger partial charge in [-0.1, -0.05) is 30.3 Å². The van der Waals surface area contributed by atoms with Gasteiger partial charge in [0.25, 0.3) is 0 Å². The van der Waals surface area contributed by atoms with Crippen molar-refractivity contribution in [1.29, 1.82) is 0 Å². The minimum absolute atomic E-state index is 0.235. The Morgan fingerprint density at radius 3 is 2.50 bits per heavy atom. The summed E-state index contributed by atoms with van der Waals surface area (Å²) in [5.41, 5.74) is 5.48. The lowest BCUT2D eigenvalue weighted by Crippen LogP contribution is -2.70. The zero-order valence-electron chi connectivity index (χ0n) is 13.1. The van der Waals surface area contributed by atoms with Crippen LogP contribution in [0.3, 0.4) is 0 Å². The van der Waals surface area contributed by atoms with Crippen molar-refractivity contribution in [2.75, 3.05) is 45.9 Å². The molecule has 120 valence electrons. The van der Waals surface area contributed by atoms with Gasteiger partial charge < -0.3 is 5.11 Å². The summed E-state index contributed by atoms with van der Waals surface area (Å²) in [6, 6.07) is 10.2. The van der Waals surface area contributed by atoms with Crippen LogP contribution < -0.4 is 10.7 Å². The number of hydrogen-bond acceptors (Lipinski definition) is 6. The molecule has 0 aliphatic carbocycles. The van der Waals surface area contributed by atoms with Gasteiger partial charge in [0, 0.05) is 39.3 Å². The molecule has 1 saturated heterocycles. The van der Waals surface area contributed by atoms with Crippen LogP contribution >= 0.6 is 0 Å². The van der Waals surface area contributed by atoms with E-state index in [0.29, 0.717) is 0 Å². The molecule has 1 aromatic carbocycles. The summed E-state index contributed by atoms with van der Waals surface area (Å²) < 4.78 is 0. The van der Waals surface area contributed by atoms with Crippen LogP contribution in [0.4, 0.5) is 0 Å². The Balaban J connectivity index is 1.61. The fourth-order valence-corrected chi connectivity index (χ4v) is 3.05. The highest BCUT2D eigenvalue weighted by atomic mass is 16.3. The van der Waals surface area contributed by atoms with Crippen molar-refractivity contribution in [3.63, 3.8) is 0 Å². The fourth-order valence-electron chi connectivity index (χ4n) is 3.05. The molecule has 6 nitrogen and oxygen atoms in total. The van der Waals surface area contributed by atoms with Gasteiger partial charge in [-0.3, -0.25) is 20.5 Å². The first kappa shape index (κ1) is 15.4. The highest BCUT2D eigenvalue weighted by Crippen LogP contribution is 2.15. The van der Waals surface area contributed by atoms with E-state index in [1.807, 2.05) is 18.2 Å². The topological polar surface area (TPSA) is 63.1 Å². The van der Waals surface area contributed by atoms with E-state index < -0.39 is 0 Å². The van der Waals surface area contributed by atoms with Gasteiger partial charge in [-0.05, 0) is 12.5 Å². The van der Waals surface area contributed by atoms with Crippen molar-refractivity contribution in [3.05, 3.63) is 35.9 Å². The minimum atomic E-state index is -0.302. The van der Waals surface area contributed by atoms with E-state index in [0.717, 1.165) is 50.5 Å². The highest BCUT2D eigenvalue weighted by molar-refractivity contribution is 6.02. The molecule has 2 heterocycles. The largest absolute Gasteiger partial charge is 0.395 e. The van der Waals surface area contributed by atoms with Crippen molar-refractivity contribution in [3.8, 4) is 0 Å². The second-order valence-corrected chi connectivity index (χ2v) is 6.01. The number of aliphatic hydroxyl groups excluding tert-OH is 1. The van der Waals surface area contributed by atoms with E-state index in [1.54, 1.807) is 0 Å². The van der Waals surface area contributed by atoms with Crippen LogP contribution in [0.5, 0.6) is 0 Å². The highest BCUT2D eigenvalue weighted by Gasteiger charge is 2.35. The molecule has 1 unspecified atom stereocenters. The van der Waals surface area contributed by atoms with Crippen LogP contribution in [0.15, 0.2) is 35.4 Å². The van der Waals surface area contributed by atoms with Gasteiger partial charge in [0.2, 0.25) is 0 Å². The maximum atomic E-state index is 9.02. The van der Waals surface area contributed by atoms with Gasteiger partial charge in [0.05, 0.1) is 12.3 Å². The molecule has 3 rings (SSSR count).